The van der Waals surface area contributed by atoms with Crippen molar-refractivity contribution in [2.75, 3.05) is 0 Å². The second kappa shape index (κ2) is 16.8. The van der Waals surface area contributed by atoms with Crippen LogP contribution in [0, 0.1) is 0 Å². The largest absolute Gasteiger partial charge is 0.309 e. The van der Waals surface area contributed by atoms with Crippen molar-refractivity contribution in [1.82, 2.24) is 24.1 Å². The maximum Gasteiger partial charge on any atom is 0.164 e. The molecule has 5 heteroatoms. The van der Waals surface area contributed by atoms with Crippen LogP contribution in [-0.2, 0) is 0 Å². The first kappa shape index (κ1) is 41.8. The van der Waals surface area contributed by atoms with E-state index in [0.29, 0.717) is 17.5 Å². The third-order valence-corrected chi connectivity index (χ3v) is 14.9. The van der Waals surface area contributed by atoms with Gasteiger partial charge in [-0.05, 0) is 121 Å². The number of rotatable bonds is 7. The zero-order valence-corrected chi connectivity index (χ0v) is 40.1. The van der Waals surface area contributed by atoms with E-state index >= 15 is 0 Å². The third-order valence-electron chi connectivity index (χ3n) is 14.9. The number of fused-ring (bicyclic) bond motifs is 12. The van der Waals surface area contributed by atoms with Gasteiger partial charge in [-0.3, -0.25) is 0 Å². The number of hydrogen-bond acceptors (Lipinski definition) is 3. The summed E-state index contributed by atoms with van der Waals surface area (Å²) >= 11 is 0. The lowest BCUT2D eigenvalue weighted by atomic mass is 9.93. The molecule has 0 fully saturated rings. The molecule has 344 valence electrons. The molecule has 0 bridgehead atoms. The van der Waals surface area contributed by atoms with Gasteiger partial charge >= 0.3 is 0 Å². The minimum absolute atomic E-state index is 0.596. The van der Waals surface area contributed by atoms with Crippen LogP contribution in [0.2, 0.25) is 0 Å². The molecule has 0 aliphatic heterocycles. The second-order valence-corrected chi connectivity index (χ2v) is 19.2. The van der Waals surface area contributed by atoms with Crippen molar-refractivity contribution >= 4 is 75.9 Å². The van der Waals surface area contributed by atoms with Crippen LogP contribution in [-0.4, -0.2) is 24.1 Å². The minimum Gasteiger partial charge on any atom is -0.309 e. The minimum atomic E-state index is 0.596. The fourth-order valence-electron chi connectivity index (χ4n) is 11.5. The first-order valence-corrected chi connectivity index (χ1v) is 25.2. The number of benzene rings is 12. The van der Waals surface area contributed by atoms with Crippen LogP contribution in [0.1, 0.15) is 0 Å². The van der Waals surface area contributed by atoms with E-state index in [-0.39, 0.29) is 0 Å². The molecule has 0 saturated carbocycles. The molecule has 0 unspecified atom stereocenters. The summed E-state index contributed by atoms with van der Waals surface area (Å²) in [5.74, 6) is 1.80. The summed E-state index contributed by atoms with van der Waals surface area (Å²) in [6.45, 7) is 0. The molecule has 0 atom stereocenters. The predicted octanol–water partition coefficient (Wildman–Crippen LogP) is 17.9. The van der Waals surface area contributed by atoms with Gasteiger partial charge in [-0.25, -0.2) is 15.0 Å². The molecule has 0 aliphatic rings. The van der Waals surface area contributed by atoms with E-state index in [4.69, 9.17) is 15.0 Å². The van der Waals surface area contributed by atoms with Crippen LogP contribution in [0.15, 0.2) is 261 Å². The maximum atomic E-state index is 5.40. The van der Waals surface area contributed by atoms with Crippen molar-refractivity contribution in [2.24, 2.45) is 0 Å². The highest BCUT2D eigenvalue weighted by molar-refractivity contribution is 6.25. The first-order valence-electron chi connectivity index (χ1n) is 25.2. The van der Waals surface area contributed by atoms with Crippen LogP contribution in [0.3, 0.4) is 0 Å². The summed E-state index contributed by atoms with van der Waals surface area (Å²) in [6, 6.07) is 93.5. The smallest absolute Gasteiger partial charge is 0.164 e. The molecule has 3 aromatic heterocycles. The standard InChI is InChI=1S/C69H43N5/c1-3-17-44(18-4-1)46-34-37-65-61(41-46)58-29-11-13-31-63(58)73(65)51-23-15-21-48(39-51)67-70-68(72-69(71-67)50-33-36-57-55-27-8-7-25-53(55)54-26-9-10-28-56(54)60(57)43-50)49-22-16-24-52(40-49)74-64-32-14-12-30-59(64)62-42-47(35-38-66(62)74)45-19-5-2-6-20-45/h1-43H. The summed E-state index contributed by atoms with van der Waals surface area (Å²) in [4.78, 5) is 16.2. The molecular weight excluding hydrogens is 899 g/mol. The summed E-state index contributed by atoms with van der Waals surface area (Å²) in [5, 5.41) is 12.0. The number of aromatic nitrogens is 5. The second-order valence-electron chi connectivity index (χ2n) is 19.2. The highest BCUT2D eigenvalue weighted by atomic mass is 15.0. The van der Waals surface area contributed by atoms with Crippen LogP contribution < -0.4 is 0 Å². The Kier molecular flexibility index (Phi) is 9.50. The van der Waals surface area contributed by atoms with E-state index in [9.17, 15) is 0 Å². The first-order chi connectivity index (χ1) is 36.7. The maximum absolute atomic E-state index is 5.40. The lowest BCUT2D eigenvalue weighted by molar-refractivity contribution is 1.07. The number of hydrogen-bond donors (Lipinski definition) is 0. The van der Waals surface area contributed by atoms with Gasteiger partial charge in [0.2, 0.25) is 0 Å². The van der Waals surface area contributed by atoms with Gasteiger partial charge in [-0.2, -0.15) is 0 Å². The van der Waals surface area contributed by atoms with Crippen molar-refractivity contribution < 1.29 is 0 Å². The molecule has 0 N–H and O–H groups in total. The van der Waals surface area contributed by atoms with Crippen molar-refractivity contribution in [2.45, 2.75) is 0 Å². The zero-order chi connectivity index (χ0) is 48.7. The molecule has 0 spiro atoms. The van der Waals surface area contributed by atoms with Crippen LogP contribution in [0.25, 0.3) is 144 Å². The van der Waals surface area contributed by atoms with E-state index in [1.54, 1.807) is 0 Å². The topological polar surface area (TPSA) is 48.5 Å². The van der Waals surface area contributed by atoms with Gasteiger partial charge in [-0.1, -0.05) is 194 Å². The lowest BCUT2D eigenvalue weighted by Gasteiger charge is -2.14. The summed E-state index contributed by atoms with van der Waals surface area (Å²) in [5.41, 5.74) is 14.1. The molecule has 15 rings (SSSR count). The summed E-state index contributed by atoms with van der Waals surface area (Å²) in [6.07, 6.45) is 0. The number of para-hydroxylation sites is 2. The molecular formula is C69H43N5. The van der Waals surface area contributed by atoms with Gasteiger partial charge in [0.1, 0.15) is 0 Å². The van der Waals surface area contributed by atoms with Crippen molar-refractivity contribution in [3.05, 3.63) is 261 Å². The zero-order valence-electron chi connectivity index (χ0n) is 40.1. The van der Waals surface area contributed by atoms with Crippen molar-refractivity contribution in [1.29, 1.82) is 0 Å². The molecule has 5 nitrogen and oxygen atoms in total. The van der Waals surface area contributed by atoms with Crippen molar-refractivity contribution in [3.8, 4) is 67.8 Å². The van der Waals surface area contributed by atoms with Crippen LogP contribution in [0.5, 0.6) is 0 Å². The third kappa shape index (κ3) is 6.75. The fraction of sp³-hybridized carbons (Fsp3) is 0. The Labute approximate surface area is 426 Å². The summed E-state index contributed by atoms with van der Waals surface area (Å²) in [7, 11) is 0. The van der Waals surface area contributed by atoms with E-state index in [1.165, 1.54) is 70.7 Å². The average Bonchev–Trinajstić information content (AvgIpc) is 4.01. The Morgan fingerprint density at radius 2 is 0.514 bits per heavy atom. The van der Waals surface area contributed by atoms with Gasteiger partial charge in [0.15, 0.2) is 17.5 Å². The number of nitrogens with zero attached hydrogens (tertiary/aromatic N) is 5. The highest BCUT2D eigenvalue weighted by Gasteiger charge is 2.20. The van der Waals surface area contributed by atoms with E-state index in [1.807, 2.05) is 0 Å². The van der Waals surface area contributed by atoms with E-state index < -0.39 is 0 Å². The van der Waals surface area contributed by atoms with Crippen LogP contribution >= 0.6 is 0 Å². The molecule has 0 amide bonds. The molecule has 15 aromatic rings. The fourth-order valence-corrected chi connectivity index (χ4v) is 11.5. The SMILES string of the molecule is c1ccc(-c2ccc3c(c2)c2ccccc2n3-c2cccc(-c3nc(-c4cccc(-n5c6ccccc6c6cc(-c7ccccc7)ccc65)c4)nc(-c4ccc5c6ccccc6c6ccccc6c5c4)n3)c2)cc1. The lowest BCUT2D eigenvalue weighted by Crippen LogP contribution is -2.02. The molecule has 3 heterocycles. The Bertz CT molecular complexity index is 4470. The van der Waals surface area contributed by atoms with Gasteiger partial charge in [0.05, 0.1) is 22.1 Å². The summed E-state index contributed by atoms with van der Waals surface area (Å²) < 4.78 is 4.73. The van der Waals surface area contributed by atoms with E-state index in [2.05, 4.69) is 270 Å². The quantitative estimate of drug-likeness (QED) is 0.150. The van der Waals surface area contributed by atoms with E-state index in [0.717, 1.165) is 55.5 Å². The molecule has 74 heavy (non-hydrogen) atoms. The van der Waals surface area contributed by atoms with Gasteiger partial charge in [0, 0.05) is 49.6 Å². The Balaban J connectivity index is 0.921. The van der Waals surface area contributed by atoms with Crippen LogP contribution in [0.4, 0.5) is 0 Å². The van der Waals surface area contributed by atoms with Gasteiger partial charge in [-0.15, -0.1) is 0 Å². The van der Waals surface area contributed by atoms with Crippen molar-refractivity contribution in [3.63, 3.8) is 0 Å². The highest BCUT2D eigenvalue weighted by Crippen LogP contribution is 2.40. The normalized spacial score (nSPS) is 11.8. The molecule has 12 aromatic carbocycles. The Morgan fingerprint density at radius 3 is 0.973 bits per heavy atom. The Morgan fingerprint density at radius 1 is 0.189 bits per heavy atom. The molecule has 0 aliphatic carbocycles. The predicted molar refractivity (Wildman–Crippen MR) is 308 cm³/mol. The van der Waals surface area contributed by atoms with Gasteiger partial charge < -0.3 is 9.13 Å². The van der Waals surface area contributed by atoms with Gasteiger partial charge in [0.25, 0.3) is 0 Å². The Hall–Kier alpha value is -9.97. The molecule has 0 radical (unpaired) electrons. The average molecular weight is 942 g/mol. The molecule has 0 saturated heterocycles. The monoisotopic (exact) mass is 941 g/mol.